The molecule has 0 radical (unpaired) electrons. The topological polar surface area (TPSA) is 120 Å². The van der Waals surface area contributed by atoms with Crippen molar-refractivity contribution in [2.45, 2.75) is 5.92 Å². The summed E-state index contributed by atoms with van der Waals surface area (Å²) in [5, 5.41) is 27.7. The molecule has 7 nitrogen and oxygen atoms in total. The van der Waals surface area contributed by atoms with Gasteiger partial charge in [-0.25, -0.2) is 0 Å². The molecule has 126 valence electrons. The van der Waals surface area contributed by atoms with Gasteiger partial charge in [0.25, 0.3) is 5.56 Å². The van der Waals surface area contributed by atoms with Gasteiger partial charge in [-0.2, -0.15) is 10.5 Å². The van der Waals surface area contributed by atoms with Crippen molar-refractivity contribution in [1.82, 2.24) is 4.57 Å². The first kappa shape index (κ1) is 15.9. The van der Waals surface area contributed by atoms with Gasteiger partial charge in [-0.05, 0) is 24.3 Å². The van der Waals surface area contributed by atoms with Gasteiger partial charge in [-0.1, -0.05) is 0 Å². The summed E-state index contributed by atoms with van der Waals surface area (Å²) in [5.74, 6) is -0.968. The Kier molecular flexibility index (Phi) is 3.68. The van der Waals surface area contributed by atoms with Crippen LogP contribution in [0.5, 0.6) is 0 Å². The van der Waals surface area contributed by atoms with Crippen LogP contribution in [0.25, 0.3) is 11.6 Å². The van der Waals surface area contributed by atoms with Gasteiger partial charge in [0, 0.05) is 6.08 Å². The van der Waals surface area contributed by atoms with Gasteiger partial charge in [-0.3, -0.25) is 14.8 Å². The van der Waals surface area contributed by atoms with Crippen molar-refractivity contribution in [2.75, 3.05) is 0 Å². The van der Waals surface area contributed by atoms with Crippen LogP contribution in [-0.4, -0.2) is 10.4 Å². The van der Waals surface area contributed by atoms with Gasteiger partial charge in [0.15, 0.2) is 0 Å². The molecule has 1 aliphatic rings. The van der Waals surface area contributed by atoms with Gasteiger partial charge in [-0.15, -0.1) is 11.3 Å². The minimum atomic E-state index is -0.993. The quantitative estimate of drug-likeness (QED) is 0.738. The van der Waals surface area contributed by atoms with Crippen molar-refractivity contribution in [3.63, 3.8) is 0 Å². The molecule has 0 saturated heterocycles. The fourth-order valence-corrected chi connectivity index (χ4v) is 4.13. The third kappa shape index (κ3) is 2.25. The number of nitrogens with zero attached hydrogens (tertiary/aromatic N) is 3. The first-order chi connectivity index (χ1) is 12.7. The number of hydrogen-bond acceptors (Lipinski definition) is 7. The number of nitrogens with one attached hydrogen (secondary N) is 1. The lowest BCUT2D eigenvalue weighted by Crippen LogP contribution is -2.45. The Hall–Kier alpha value is -3.62. The monoisotopic (exact) mass is 362 g/mol. The molecule has 1 N–H and O–H groups in total. The van der Waals surface area contributed by atoms with Gasteiger partial charge < -0.3 is 8.83 Å². The molecule has 0 bridgehead atoms. The van der Waals surface area contributed by atoms with Crippen molar-refractivity contribution in [1.29, 1.82) is 15.9 Å². The van der Waals surface area contributed by atoms with Crippen LogP contribution in [0.4, 0.5) is 0 Å². The van der Waals surface area contributed by atoms with E-state index in [2.05, 4.69) is 6.07 Å². The molecule has 8 heteroatoms. The number of fused-ring (bicyclic) bond motifs is 1. The fourth-order valence-electron chi connectivity index (χ4n) is 3.01. The van der Waals surface area contributed by atoms with Crippen LogP contribution in [0.2, 0.25) is 0 Å². The predicted octanol–water partition coefficient (Wildman–Crippen LogP) is 1.36. The average Bonchev–Trinajstić information content (AvgIpc) is 3.38. The van der Waals surface area contributed by atoms with E-state index in [4.69, 9.17) is 14.2 Å². The number of thiazole rings is 1. The Labute approximate surface area is 150 Å². The summed E-state index contributed by atoms with van der Waals surface area (Å²) >= 11 is 1.09. The highest BCUT2D eigenvalue weighted by molar-refractivity contribution is 7.07. The summed E-state index contributed by atoms with van der Waals surface area (Å²) in [4.78, 5) is 12.8. The van der Waals surface area contributed by atoms with Crippen LogP contribution in [0, 0.1) is 34.0 Å². The molecule has 0 aromatic carbocycles. The molecule has 4 heterocycles. The van der Waals surface area contributed by atoms with E-state index in [9.17, 15) is 15.3 Å². The molecule has 2 atom stereocenters. The number of aromatic nitrogens is 1. The van der Waals surface area contributed by atoms with Crippen molar-refractivity contribution in [3.8, 4) is 12.1 Å². The fraction of sp³-hybridized carbons (Fsp3) is 0.111. The molecule has 26 heavy (non-hydrogen) atoms. The van der Waals surface area contributed by atoms with Crippen molar-refractivity contribution in [3.05, 3.63) is 67.9 Å². The predicted molar refractivity (Wildman–Crippen MR) is 92.8 cm³/mol. The maximum Gasteiger partial charge on any atom is 0.274 e. The van der Waals surface area contributed by atoms with E-state index in [0.29, 0.717) is 20.7 Å². The second-order valence-corrected chi connectivity index (χ2v) is 6.61. The first-order valence-corrected chi connectivity index (χ1v) is 8.40. The third-order valence-corrected chi connectivity index (χ3v) is 5.27. The summed E-state index contributed by atoms with van der Waals surface area (Å²) in [5.41, 5.74) is -0.207. The second-order valence-electron chi connectivity index (χ2n) is 5.58. The van der Waals surface area contributed by atoms with Crippen LogP contribution < -0.4 is 14.8 Å². The Morgan fingerprint density at radius 3 is 2.62 bits per heavy atom. The summed E-state index contributed by atoms with van der Waals surface area (Å²) in [6.07, 6.45) is 4.50. The molecule has 0 aliphatic carbocycles. The molecule has 0 amide bonds. The molecule has 2 unspecified atom stereocenters. The van der Waals surface area contributed by atoms with Crippen molar-refractivity contribution >= 4 is 28.8 Å². The summed E-state index contributed by atoms with van der Waals surface area (Å²) < 4.78 is 12.4. The highest BCUT2D eigenvalue weighted by Gasteiger charge is 2.39. The zero-order chi connectivity index (χ0) is 18.3. The van der Waals surface area contributed by atoms with Crippen LogP contribution in [0.3, 0.4) is 0 Å². The third-order valence-electron chi connectivity index (χ3n) is 4.16. The van der Waals surface area contributed by atoms with Crippen LogP contribution >= 0.6 is 11.3 Å². The molecule has 4 rings (SSSR count). The van der Waals surface area contributed by atoms with E-state index in [1.54, 1.807) is 30.3 Å². The SMILES string of the molecule is N#CC1=c2s/c(=C\c3ccco3)c(=O)n2C(=N)C(C#N)C1c1ccco1. The van der Waals surface area contributed by atoms with Crippen molar-refractivity contribution in [2.24, 2.45) is 5.92 Å². The Bertz CT molecular complexity index is 1250. The van der Waals surface area contributed by atoms with E-state index < -0.39 is 17.4 Å². The minimum absolute atomic E-state index is 0.164. The van der Waals surface area contributed by atoms with Crippen LogP contribution in [-0.2, 0) is 0 Å². The van der Waals surface area contributed by atoms with E-state index in [0.717, 1.165) is 15.9 Å². The minimum Gasteiger partial charge on any atom is -0.469 e. The molecule has 0 fully saturated rings. The van der Waals surface area contributed by atoms with Crippen LogP contribution in [0.1, 0.15) is 17.4 Å². The first-order valence-electron chi connectivity index (χ1n) is 7.59. The second kappa shape index (κ2) is 6.03. The van der Waals surface area contributed by atoms with Gasteiger partial charge in [0.05, 0.1) is 40.7 Å². The number of rotatable bonds is 2. The normalized spacial score (nSPS) is 19.8. The zero-order valence-electron chi connectivity index (χ0n) is 13.2. The maximum absolute atomic E-state index is 12.8. The Balaban J connectivity index is 2.08. The summed E-state index contributed by atoms with van der Waals surface area (Å²) in [6, 6.07) is 10.9. The number of nitriles is 2. The highest BCUT2D eigenvalue weighted by atomic mass is 32.1. The molecule has 1 aliphatic heterocycles. The molecule has 3 aromatic heterocycles. The highest BCUT2D eigenvalue weighted by Crippen LogP contribution is 2.35. The summed E-state index contributed by atoms with van der Waals surface area (Å²) in [7, 11) is 0. The molecule has 0 spiro atoms. The molecule has 0 saturated carbocycles. The lowest BCUT2D eigenvalue weighted by molar-refractivity contribution is 0.476. The largest absolute Gasteiger partial charge is 0.469 e. The molecule has 3 aromatic rings. The van der Waals surface area contributed by atoms with Crippen molar-refractivity contribution < 1.29 is 8.83 Å². The van der Waals surface area contributed by atoms with Gasteiger partial charge in [0.1, 0.15) is 27.9 Å². The lowest BCUT2D eigenvalue weighted by atomic mass is 9.83. The number of hydrogen-bond donors (Lipinski definition) is 1. The van der Waals surface area contributed by atoms with Gasteiger partial charge in [0.2, 0.25) is 0 Å². The summed E-state index contributed by atoms with van der Waals surface area (Å²) in [6.45, 7) is 0. The standard InChI is InChI=1S/C18H10N4O3S/c19-8-11-15(13-4-2-6-25-13)12(9-20)18-22(16(11)21)17(23)14(26-18)7-10-3-1-5-24-10/h1-7,11,15,21H/b14-7-,21-16?. The number of furan rings is 2. The smallest absolute Gasteiger partial charge is 0.274 e. The van der Waals surface area contributed by atoms with E-state index in [-0.39, 0.29) is 11.4 Å². The van der Waals surface area contributed by atoms with E-state index in [1.165, 1.54) is 12.5 Å². The van der Waals surface area contributed by atoms with Crippen LogP contribution in [0.15, 0.2) is 50.4 Å². The van der Waals surface area contributed by atoms with E-state index in [1.807, 2.05) is 6.07 Å². The average molecular weight is 362 g/mol. The zero-order valence-corrected chi connectivity index (χ0v) is 14.0. The lowest BCUT2D eigenvalue weighted by Gasteiger charge is -2.24. The Morgan fingerprint density at radius 1 is 1.23 bits per heavy atom. The Morgan fingerprint density at radius 2 is 2.00 bits per heavy atom. The van der Waals surface area contributed by atoms with Gasteiger partial charge >= 0.3 is 0 Å². The molecular weight excluding hydrogens is 352 g/mol. The maximum atomic E-state index is 12.8. The molecular formula is C18H10N4O3S. The van der Waals surface area contributed by atoms with E-state index >= 15 is 0 Å².